The lowest BCUT2D eigenvalue weighted by Gasteiger charge is -2.20. The second-order valence-corrected chi connectivity index (χ2v) is 7.29. The molecule has 1 aliphatic rings. The number of aliphatic carboxylic acids is 1. The minimum absolute atomic E-state index is 0.0410. The van der Waals surface area contributed by atoms with Gasteiger partial charge in [0.05, 0.1) is 13.0 Å². The number of hydrogen-bond acceptors (Lipinski definition) is 5. The summed E-state index contributed by atoms with van der Waals surface area (Å²) < 4.78 is 0. The molecule has 1 aliphatic heterocycles. The number of hydrogen-bond donors (Lipinski definition) is 3. The molecular weight excluding hydrogens is 384 g/mol. The molecule has 8 heteroatoms. The van der Waals surface area contributed by atoms with Crippen LogP contribution >= 0.6 is 0 Å². The number of nitrogens with one attached hydrogen (secondary N) is 2. The van der Waals surface area contributed by atoms with E-state index in [9.17, 15) is 19.5 Å². The topological polar surface area (TPSA) is 112 Å². The van der Waals surface area contributed by atoms with Crippen molar-refractivity contribution < 1.29 is 19.5 Å². The first kappa shape index (κ1) is 21.3. The van der Waals surface area contributed by atoms with E-state index in [1.807, 2.05) is 42.5 Å². The minimum atomic E-state index is -0.937. The van der Waals surface area contributed by atoms with Crippen molar-refractivity contribution in [1.29, 1.82) is 0 Å². The fourth-order valence-electron chi connectivity index (χ4n) is 3.59. The second kappa shape index (κ2) is 10.4. The van der Waals surface area contributed by atoms with E-state index in [1.54, 1.807) is 6.20 Å². The summed E-state index contributed by atoms with van der Waals surface area (Å²) in [5, 5.41) is 15.2. The maximum absolute atomic E-state index is 12.7. The van der Waals surface area contributed by atoms with Crippen LogP contribution in [0.15, 0.2) is 48.7 Å². The predicted octanol–water partition coefficient (Wildman–Crippen LogP) is 1.99. The molecule has 3 rings (SSSR count). The Morgan fingerprint density at radius 1 is 1.13 bits per heavy atom. The van der Waals surface area contributed by atoms with E-state index < -0.39 is 5.97 Å². The predicted molar refractivity (Wildman–Crippen MR) is 112 cm³/mol. The summed E-state index contributed by atoms with van der Waals surface area (Å²) in [6, 6.07) is 13.1. The van der Waals surface area contributed by atoms with Gasteiger partial charge in [0.2, 0.25) is 11.8 Å². The fourth-order valence-corrected chi connectivity index (χ4v) is 3.59. The normalized spacial score (nSPS) is 15.8. The Hall–Kier alpha value is -3.42. The summed E-state index contributed by atoms with van der Waals surface area (Å²) in [5.74, 6) is -0.960. The molecule has 0 fully saturated rings. The van der Waals surface area contributed by atoms with Crippen LogP contribution in [0, 0.1) is 0 Å². The lowest BCUT2D eigenvalue weighted by molar-refractivity contribution is -0.139. The molecule has 0 bridgehead atoms. The first-order chi connectivity index (χ1) is 14.5. The van der Waals surface area contributed by atoms with Gasteiger partial charge in [-0.2, -0.15) is 0 Å². The van der Waals surface area contributed by atoms with Crippen LogP contribution in [-0.4, -0.2) is 52.4 Å². The molecule has 30 heavy (non-hydrogen) atoms. The van der Waals surface area contributed by atoms with E-state index in [0.29, 0.717) is 19.6 Å². The van der Waals surface area contributed by atoms with Crippen LogP contribution in [0.1, 0.15) is 36.3 Å². The number of nitrogens with zero attached hydrogens (tertiary/aromatic N) is 2. The zero-order chi connectivity index (χ0) is 21.3. The highest BCUT2D eigenvalue weighted by Gasteiger charge is 2.29. The van der Waals surface area contributed by atoms with Crippen LogP contribution in [0.25, 0.3) is 0 Å². The van der Waals surface area contributed by atoms with Crippen molar-refractivity contribution in [3.8, 4) is 0 Å². The number of fused-ring (bicyclic) bond motifs is 1. The summed E-state index contributed by atoms with van der Waals surface area (Å²) in [7, 11) is 0. The minimum Gasteiger partial charge on any atom is -0.481 e. The number of anilines is 1. The monoisotopic (exact) mass is 410 g/mol. The van der Waals surface area contributed by atoms with Gasteiger partial charge < -0.3 is 20.6 Å². The molecule has 1 unspecified atom stereocenters. The Balaban J connectivity index is 1.50. The summed E-state index contributed by atoms with van der Waals surface area (Å²) in [6.07, 6.45) is 2.41. The molecule has 2 aromatic rings. The van der Waals surface area contributed by atoms with Crippen LogP contribution in [0.4, 0.5) is 5.82 Å². The Morgan fingerprint density at radius 3 is 2.70 bits per heavy atom. The number of amides is 2. The van der Waals surface area contributed by atoms with Gasteiger partial charge in [-0.25, -0.2) is 4.98 Å². The number of benzene rings is 1. The standard InChI is InChI=1S/C22H26N4O4/c27-20(25-11-5-10-24-19-8-3-4-9-23-19)15-26-14-16-6-1-2-7-18(16)17(12-21(26)28)13-22(29)30/h1-4,6-9,17H,5,10-15H2,(H,23,24)(H,25,27)(H,29,30). The van der Waals surface area contributed by atoms with Crippen molar-refractivity contribution in [2.75, 3.05) is 25.0 Å². The van der Waals surface area contributed by atoms with Gasteiger partial charge in [-0.15, -0.1) is 0 Å². The van der Waals surface area contributed by atoms with Crippen molar-refractivity contribution in [3.05, 3.63) is 59.8 Å². The van der Waals surface area contributed by atoms with Gasteiger partial charge in [0, 0.05) is 38.2 Å². The summed E-state index contributed by atoms with van der Waals surface area (Å²) >= 11 is 0. The van der Waals surface area contributed by atoms with Gasteiger partial charge in [0.15, 0.2) is 0 Å². The Bertz CT molecular complexity index is 888. The Morgan fingerprint density at radius 2 is 1.93 bits per heavy atom. The van der Waals surface area contributed by atoms with Crippen molar-refractivity contribution >= 4 is 23.6 Å². The van der Waals surface area contributed by atoms with Gasteiger partial charge >= 0.3 is 5.97 Å². The van der Waals surface area contributed by atoms with Gasteiger partial charge in [-0.05, 0) is 29.7 Å². The Labute approximate surface area is 175 Å². The molecule has 0 spiro atoms. The van der Waals surface area contributed by atoms with Gasteiger partial charge in [0.1, 0.15) is 5.82 Å². The number of pyridine rings is 1. The molecule has 2 heterocycles. The lowest BCUT2D eigenvalue weighted by atomic mass is 9.90. The number of aromatic nitrogens is 1. The molecule has 0 aliphatic carbocycles. The molecule has 8 nitrogen and oxygen atoms in total. The quantitative estimate of drug-likeness (QED) is 0.545. The molecule has 2 amide bonds. The fraction of sp³-hybridized carbons (Fsp3) is 0.364. The van der Waals surface area contributed by atoms with E-state index >= 15 is 0 Å². The highest BCUT2D eigenvalue weighted by Crippen LogP contribution is 2.31. The first-order valence-corrected chi connectivity index (χ1v) is 10.0. The molecule has 0 saturated carbocycles. The number of carboxylic acids is 1. The average molecular weight is 410 g/mol. The van der Waals surface area contributed by atoms with Crippen molar-refractivity contribution in [3.63, 3.8) is 0 Å². The molecular formula is C22H26N4O4. The molecule has 1 aromatic heterocycles. The van der Waals surface area contributed by atoms with E-state index in [1.165, 1.54) is 4.90 Å². The number of carbonyl (C=O) groups is 3. The van der Waals surface area contributed by atoms with Gasteiger partial charge in [-0.3, -0.25) is 14.4 Å². The maximum Gasteiger partial charge on any atom is 0.303 e. The highest BCUT2D eigenvalue weighted by molar-refractivity contribution is 5.86. The van der Waals surface area contributed by atoms with Gasteiger partial charge in [0.25, 0.3) is 0 Å². The summed E-state index contributed by atoms with van der Waals surface area (Å²) in [6.45, 7) is 1.42. The third-order valence-corrected chi connectivity index (χ3v) is 5.03. The van der Waals surface area contributed by atoms with Crippen LogP contribution in [-0.2, 0) is 20.9 Å². The maximum atomic E-state index is 12.7. The first-order valence-electron chi connectivity index (χ1n) is 10.0. The van der Waals surface area contributed by atoms with E-state index in [0.717, 1.165) is 23.4 Å². The van der Waals surface area contributed by atoms with Crippen LogP contribution in [0.3, 0.4) is 0 Å². The van der Waals surface area contributed by atoms with Crippen LogP contribution in [0.2, 0.25) is 0 Å². The smallest absolute Gasteiger partial charge is 0.303 e. The van der Waals surface area contributed by atoms with Crippen molar-refractivity contribution in [2.45, 2.75) is 31.7 Å². The SMILES string of the molecule is O=C(O)CC1CC(=O)N(CC(=O)NCCCNc2ccccn2)Cc2ccccc21. The highest BCUT2D eigenvalue weighted by atomic mass is 16.4. The molecule has 158 valence electrons. The largest absolute Gasteiger partial charge is 0.481 e. The number of carbonyl (C=O) groups excluding carboxylic acids is 2. The molecule has 3 N–H and O–H groups in total. The summed E-state index contributed by atoms with van der Waals surface area (Å²) in [5.41, 5.74) is 1.76. The summed E-state index contributed by atoms with van der Waals surface area (Å²) in [4.78, 5) is 41.9. The zero-order valence-corrected chi connectivity index (χ0v) is 16.7. The van der Waals surface area contributed by atoms with E-state index in [-0.39, 0.29) is 37.1 Å². The second-order valence-electron chi connectivity index (χ2n) is 7.29. The lowest BCUT2D eigenvalue weighted by Crippen LogP contribution is -2.40. The number of carboxylic acid groups (broad SMARTS) is 1. The van der Waals surface area contributed by atoms with Crippen LogP contribution in [0.5, 0.6) is 0 Å². The third-order valence-electron chi connectivity index (χ3n) is 5.03. The third kappa shape index (κ3) is 6.04. The molecule has 1 aromatic carbocycles. The molecule has 0 saturated heterocycles. The van der Waals surface area contributed by atoms with Crippen molar-refractivity contribution in [1.82, 2.24) is 15.2 Å². The van der Waals surface area contributed by atoms with Crippen LogP contribution < -0.4 is 10.6 Å². The average Bonchev–Trinajstić information content (AvgIpc) is 2.85. The molecule has 0 radical (unpaired) electrons. The van der Waals surface area contributed by atoms with E-state index in [4.69, 9.17) is 0 Å². The van der Waals surface area contributed by atoms with E-state index in [2.05, 4.69) is 15.6 Å². The molecule has 1 atom stereocenters. The Kier molecular flexibility index (Phi) is 7.37. The zero-order valence-electron chi connectivity index (χ0n) is 16.7. The van der Waals surface area contributed by atoms with Gasteiger partial charge in [-0.1, -0.05) is 30.3 Å². The number of rotatable bonds is 9. The van der Waals surface area contributed by atoms with Crippen molar-refractivity contribution in [2.24, 2.45) is 0 Å².